The molecule has 1 aliphatic carbocycles. The lowest BCUT2D eigenvalue weighted by molar-refractivity contribution is 0.0697. The highest BCUT2D eigenvalue weighted by atomic mass is 16.4. The molecule has 2 amide bonds. The van der Waals surface area contributed by atoms with Crippen molar-refractivity contribution in [2.75, 3.05) is 0 Å². The smallest absolute Gasteiger partial charge is 0.335 e. The molecule has 24 heavy (non-hydrogen) atoms. The first-order valence-corrected chi connectivity index (χ1v) is 7.90. The molecule has 0 spiro atoms. The molecule has 5 nitrogen and oxygen atoms in total. The van der Waals surface area contributed by atoms with Crippen molar-refractivity contribution in [2.45, 2.75) is 31.8 Å². The number of aromatic carboxylic acids is 1. The third kappa shape index (κ3) is 3.56. The van der Waals surface area contributed by atoms with Gasteiger partial charge in [-0.05, 0) is 48.6 Å². The van der Waals surface area contributed by atoms with Gasteiger partial charge in [0, 0.05) is 12.1 Å². The van der Waals surface area contributed by atoms with E-state index in [9.17, 15) is 9.59 Å². The van der Waals surface area contributed by atoms with Gasteiger partial charge in [0.15, 0.2) is 0 Å². The normalized spacial score (nSPS) is 14.7. The molecule has 0 saturated carbocycles. The van der Waals surface area contributed by atoms with Crippen LogP contribution in [0.15, 0.2) is 48.5 Å². The lowest BCUT2D eigenvalue weighted by Crippen LogP contribution is -2.50. The molecule has 3 rings (SSSR count). The van der Waals surface area contributed by atoms with E-state index in [2.05, 4.69) is 22.8 Å². The molecule has 0 aromatic heterocycles. The average molecular weight is 324 g/mol. The second-order valence-corrected chi connectivity index (χ2v) is 6.49. The van der Waals surface area contributed by atoms with Gasteiger partial charge in [-0.1, -0.05) is 36.4 Å². The Morgan fingerprint density at radius 3 is 2.17 bits per heavy atom. The van der Waals surface area contributed by atoms with Crippen molar-refractivity contribution in [3.05, 3.63) is 70.8 Å². The minimum absolute atomic E-state index is 0.215. The van der Waals surface area contributed by atoms with Gasteiger partial charge in [0.05, 0.1) is 5.56 Å². The van der Waals surface area contributed by atoms with Crippen LogP contribution in [0.2, 0.25) is 0 Å². The quantitative estimate of drug-likeness (QED) is 0.809. The topological polar surface area (TPSA) is 78.4 Å². The molecule has 0 unspecified atom stereocenters. The molecule has 0 fully saturated rings. The Balaban J connectivity index is 1.54. The highest BCUT2D eigenvalue weighted by molar-refractivity contribution is 5.87. The van der Waals surface area contributed by atoms with E-state index in [-0.39, 0.29) is 17.1 Å². The minimum atomic E-state index is -0.957. The third-order valence-corrected chi connectivity index (χ3v) is 4.35. The first-order valence-electron chi connectivity index (χ1n) is 7.90. The van der Waals surface area contributed by atoms with Crippen LogP contribution in [0.5, 0.6) is 0 Å². The number of carbonyl (C=O) groups excluding carboxylic acids is 1. The van der Waals surface area contributed by atoms with E-state index >= 15 is 0 Å². The zero-order chi connectivity index (χ0) is 17.2. The Morgan fingerprint density at radius 2 is 1.62 bits per heavy atom. The van der Waals surface area contributed by atoms with Gasteiger partial charge in [-0.15, -0.1) is 0 Å². The van der Waals surface area contributed by atoms with Gasteiger partial charge in [0.25, 0.3) is 0 Å². The van der Waals surface area contributed by atoms with Crippen molar-refractivity contribution in [2.24, 2.45) is 0 Å². The molecule has 5 heteroatoms. The first kappa shape index (κ1) is 16.1. The highest BCUT2D eigenvalue weighted by Crippen LogP contribution is 2.29. The fourth-order valence-corrected chi connectivity index (χ4v) is 3.16. The summed E-state index contributed by atoms with van der Waals surface area (Å²) in [5.74, 6) is -0.957. The standard InChI is InChI=1S/C19H20N2O3/c1-19(10-15-4-2-3-5-16(15)11-19)21-18(24)20-12-13-6-8-14(9-7-13)17(22)23/h2-9H,10-12H2,1H3,(H,22,23)(H2,20,21,24). The predicted molar refractivity (Wildman–Crippen MR) is 91.0 cm³/mol. The van der Waals surface area contributed by atoms with Crippen molar-refractivity contribution < 1.29 is 14.7 Å². The summed E-state index contributed by atoms with van der Waals surface area (Å²) >= 11 is 0. The summed E-state index contributed by atoms with van der Waals surface area (Å²) in [6.07, 6.45) is 1.65. The van der Waals surface area contributed by atoms with Crippen LogP contribution in [-0.4, -0.2) is 22.6 Å². The van der Waals surface area contributed by atoms with Gasteiger partial charge < -0.3 is 15.7 Å². The van der Waals surface area contributed by atoms with Crippen LogP contribution in [0.4, 0.5) is 4.79 Å². The fraction of sp³-hybridized carbons (Fsp3) is 0.263. The second kappa shape index (κ2) is 6.35. The SMILES string of the molecule is CC1(NC(=O)NCc2ccc(C(=O)O)cc2)Cc2ccccc2C1. The van der Waals surface area contributed by atoms with Crippen LogP contribution in [0.25, 0.3) is 0 Å². The Hall–Kier alpha value is -2.82. The van der Waals surface area contributed by atoms with Gasteiger partial charge in [-0.2, -0.15) is 0 Å². The van der Waals surface area contributed by atoms with Gasteiger partial charge in [0.1, 0.15) is 0 Å². The molecule has 0 aliphatic heterocycles. The van der Waals surface area contributed by atoms with Crippen LogP contribution >= 0.6 is 0 Å². The largest absolute Gasteiger partial charge is 0.478 e. The summed E-state index contributed by atoms with van der Waals surface area (Å²) in [5.41, 5.74) is 3.38. The average Bonchev–Trinajstić information content (AvgIpc) is 2.88. The number of rotatable bonds is 4. The second-order valence-electron chi connectivity index (χ2n) is 6.49. The van der Waals surface area contributed by atoms with E-state index in [1.54, 1.807) is 12.1 Å². The van der Waals surface area contributed by atoms with Crippen molar-refractivity contribution in [3.63, 3.8) is 0 Å². The van der Waals surface area contributed by atoms with E-state index in [0.29, 0.717) is 6.54 Å². The number of fused-ring (bicyclic) bond motifs is 1. The Morgan fingerprint density at radius 1 is 1.04 bits per heavy atom. The van der Waals surface area contributed by atoms with E-state index < -0.39 is 5.97 Å². The summed E-state index contributed by atoms with van der Waals surface area (Å²) in [4.78, 5) is 23.0. The lowest BCUT2D eigenvalue weighted by atomic mass is 9.99. The predicted octanol–water partition coefficient (Wildman–Crippen LogP) is 2.74. The molecule has 3 N–H and O–H groups in total. The molecule has 0 heterocycles. The molecular formula is C19H20N2O3. The zero-order valence-electron chi connectivity index (χ0n) is 13.5. The van der Waals surface area contributed by atoms with Gasteiger partial charge >= 0.3 is 12.0 Å². The van der Waals surface area contributed by atoms with Crippen LogP contribution in [0, 0.1) is 0 Å². The number of carbonyl (C=O) groups is 2. The van der Waals surface area contributed by atoms with Gasteiger partial charge in [-0.25, -0.2) is 9.59 Å². The van der Waals surface area contributed by atoms with Crippen molar-refractivity contribution in [1.29, 1.82) is 0 Å². The summed E-state index contributed by atoms with van der Waals surface area (Å²) in [7, 11) is 0. The van der Waals surface area contributed by atoms with Crippen LogP contribution in [-0.2, 0) is 19.4 Å². The molecular weight excluding hydrogens is 304 g/mol. The fourth-order valence-electron chi connectivity index (χ4n) is 3.16. The van der Waals surface area contributed by atoms with Gasteiger partial charge in [-0.3, -0.25) is 0 Å². The number of amides is 2. The number of benzene rings is 2. The molecule has 2 aromatic rings. The first-order chi connectivity index (χ1) is 11.5. The number of hydrogen-bond acceptors (Lipinski definition) is 2. The van der Waals surface area contributed by atoms with Crippen molar-refractivity contribution in [1.82, 2.24) is 10.6 Å². The summed E-state index contributed by atoms with van der Waals surface area (Å²) < 4.78 is 0. The zero-order valence-corrected chi connectivity index (χ0v) is 13.5. The van der Waals surface area contributed by atoms with Crippen molar-refractivity contribution in [3.8, 4) is 0 Å². The van der Waals surface area contributed by atoms with E-state index in [1.165, 1.54) is 23.3 Å². The monoisotopic (exact) mass is 324 g/mol. The van der Waals surface area contributed by atoms with Crippen LogP contribution < -0.4 is 10.6 Å². The summed E-state index contributed by atoms with van der Waals surface area (Å²) in [5, 5.41) is 14.8. The van der Waals surface area contributed by atoms with Gasteiger partial charge in [0.2, 0.25) is 0 Å². The summed E-state index contributed by atoms with van der Waals surface area (Å²) in [6, 6.07) is 14.5. The molecule has 0 radical (unpaired) electrons. The summed E-state index contributed by atoms with van der Waals surface area (Å²) in [6.45, 7) is 2.41. The maximum atomic E-state index is 12.2. The van der Waals surface area contributed by atoms with Crippen molar-refractivity contribution >= 4 is 12.0 Å². The molecule has 2 aromatic carbocycles. The van der Waals surface area contributed by atoms with Crippen LogP contribution in [0.1, 0.15) is 34.0 Å². The number of hydrogen-bond donors (Lipinski definition) is 3. The molecule has 1 aliphatic rings. The van der Waals surface area contributed by atoms with E-state index in [4.69, 9.17) is 5.11 Å². The maximum absolute atomic E-state index is 12.2. The number of urea groups is 1. The third-order valence-electron chi connectivity index (χ3n) is 4.35. The maximum Gasteiger partial charge on any atom is 0.335 e. The Kier molecular flexibility index (Phi) is 4.25. The minimum Gasteiger partial charge on any atom is -0.478 e. The number of nitrogens with one attached hydrogen (secondary N) is 2. The number of carboxylic acids is 1. The molecule has 0 saturated heterocycles. The molecule has 0 atom stereocenters. The Labute approximate surface area is 140 Å². The number of carboxylic acid groups (broad SMARTS) is 1. The van der Waals surface area contributed by atoms with Crippen LogP contribution in [0.3, 0.4) is 0 Å². The Bertz CT molecular complexity index is 743. The molecule has 0 bridgehead atoms. The lowest BCUT2D eigenvalue weighted by Gasteiger charge is -2.25. The highest BCUT2D eigenvalue weighted by Gasteiger charge is 2.33. The van der Waals surface area contributed by atoms with E-state index in [1.807, 2.05) is 19.1 Å². The van der Waals surface area contributed by atoms with E-state index in [0.717, 1.165) is 18.4 Å². The molecule has 124 valence electrons.